The summed E-state index contributed by atoms with van der Waals surface area (Å²) in [5.74, 6) is -0.247. The normalized spacial score (nSPS) is 11.1. The summed E-state index contributed by atoms with van der Waals surface area (Å²) in [6.07, 6.45) is 0. The van der Waals surface area contributed by atoms with Crippen LogP contribution in [0.5, 0.6) is 5.75 Å². The third-order valence-corrected chi connectivity index (χ3v) is 5.51. The van der Waals surface area contributed by atoms with Crippen molar-refractivity contribution in [2.75, 3.05) is 11.9 Å². The number of carbonyl (C=O) groups excluding carboxylic acids is 1. The van der Waals surface area contributed by atoms with Crippen molar-refractivity contribution < 1.29 is 13.9 Å². The van der Waals surface area contributed by atoms with Gasteiger partial charge < -0.3 is 10.1 Å². The minimum atomic E-state index is -0.474. The van der Waals surface area contributed by atoms with E-state index in [0.717, 1.165) is 25.3 Å². The van der Waals surface area contributed by atoms with Crippen LogP contribution in [0.2, 0.25) is 0 Å². The summed E-state index contributed by atoms with van der Waals surface area (Å²) in [4.78, 5) is 16.6. The largest absolute Gasteiger partial charge is 0.483 e. The number of thiazole rings is 1. The molecule has 0 aliphatic rings. The molecule has 1 amide bonds. The Morgan fingerprint density at radius 1 is 1.32 bits per heavy atom. The summed E-state index contributed by atoms with van der Waals surface area (Å²) in [6, 6.07) is 9.90. The van der Waals surface area contributed by atoms with Crippen molar-refractivity contribution in [3.8, 4) is 5.75 Å². The Kier molecular flexibility index (Phi) is 4.10. The Balaban J connectivity index is 1.57. The fourth-order valence-electron chi connectivity index (χ4n) is 2.60. The number of rotatable bonds is 4. The van der Waals surface area contributed by atoms with Gasteiger partial charge in [-0.15, -0.1) is 22.7 Å². The summed E-state index contributed by atoms with van der Waals surface area (Å²) >= 11 is 3.19. The first-order valence-corrected chi connectivity index (χ1v) is 9.26. The fraction of sp³-hybridized carbons (Fsp3) is 0.111. The van der Waals surface area contributed by atoms with Gasteiger partial charge in [0.05, 0.1) is 25.6 Å². The molecule has 2 aromatic carbocycles. The number of halogens is 1. The molecule has 2 aromatic heterocycles. The molecule has 0 radical (unpaired) electrons. The molecule has 0 bridgehead atoms. The van der Waals surface area contributed by atoms with E-state index in [-0.39, 0.29) is 12.3 Å². The maximum Gasteiger partial charge on any atom is 0.262 e. The van der Waals surface area contributed by atoms with Crippen LogP contribution in [0.25, 0.3) is 20.3 Å². The monoisotopic (exact) mass is 372 g/mol. The van der Waals surface area contributed by atoms with Crippen LogP contribution in [0, 0.1) is 12.7 Å². The van der Waals surface area contributed by atoms with Crippen LogP contribution in [0.1, 0.15) is 5.01 Å². The molecule has 4 rings (SSSR count). The van der Waals surface area contributed by atoms with E-state index >= 15 is 0 Å². The minimum absolute atomic E-state index is 0.144. The number of aromatic nitrogens is 1. The van der Waals surface area contributed by atoms with Gasteiger partial charge in [-0.2, -0.15) is 0 Å². The molecular weight excluding hydrogens is 359 g/mol. The molecule has 0 spiro atoms. The van der Waals surface area contributed by atoms with Crippen molar-refractivity contribution in [2.24, 2.45) is 0 Å². The minimum Gasteiger partial charge on any atom is -0.483 e. The van der Waals surface area contributed by atoms with Gasteiger partial charge in [-0.05, 0) is 30.5 Å². The zero-order chi connectivity index (χ0) is 17.4. The summed E-state index contributed by atoms with van der Waals surface area (Å²) in [6.45, 7) is 1.77. The van der Waals surface area contributed by atoms with Gasteiger partial charge >= 0.3 is 0 Å². The second kappa shape index (κ2) is 6.42. The van der Waals surface area contributed by atoms with Crippen molar-refractivity contribution in [1.29, 1.82) is 0 Å². The number of thiophene rings is 1. The van der Waals surface area contributed by atoms with Crippen molar-refractivity contribution in [2.45, 2.75) is 6.92 Å². The highest BCUT2D eigenvalue weighted by atomic mass is 32.1. The summed E-state index contributed by atoms with van der Waals surface area (Å²) in [7, 11) is 0. The molecule has 4 nitrogen and oxygen atoms in total. The number of carbonyl (C=O) groups is 1. The van der Waals surface area contributed by atoms with Gasteiger partial charge in [-0.1, -0.05) is 12.1 Å². The van der Waals surface area contributed by atoms with Gasteiger partial charge in [0.25, 0.3) is 5.91 Å². The van der Waals surface area contributed by atoms with Gasteiger partial charge in [-0.3, -0.25) is 4.79 Å². The first-order chi connectivity index (χ1) is 12.1. The van der Waals surface area contributed by atoms with Crippen LogP contribution in [0.15, 0.2) is 41.8 Å². The Morgan fingerprint density at radius 2 is 2.16 bits per heavy atom. The second-order valence-electron chi connectivity index (χ2n) is 5.43. The maximum atomic E-state index is 13.6. The number of nitrogens with one attached hydrogen (secondary N) is 1. The number of amides is 1. The van der Waals surface area contributed by atoms with Crippen LogP contribution in [0.4, 0.5) is 10.1 Å². The summed E-state index contributed by atoms with van der Waals surface area (Å²) in [5.41, 5.74) is 1.11. The fourth-order valence-corrected chi connectivity index (χ4v) is 4.43. The second-order valence-corrected chi connectivity index (χ2v) is 7.59. The number of hydrogen-bond acceptors (Lipinski definition) is 5. The highest BCUT2D eigenvalue weighted by molar-refractivity contribution is 7.21. The average molecular weight is 372 g/mol. The third kappa shape index (κ3) is 3.08. The highest BCUT2D eigenvalue weighted by Gasteiger charge is 2.14. The molecular formula is C18H13FN2O2S2. The Hall–Kier alpha value is -2.51. The van der Waals surface area contributed by atoms with Gasteiger partial charge in [0, 0.05) is 11.5 Å². The zero-order valence-corrected chi connectivity index (χ0v) is 14.8. The van der Waals surface area contributed by atoms with E-state index in [0.29, 0.717) is 5.75 Å². The molecule has 0 atom stereocenters. The standard InChI is InChI=1S/C18H13FN2O2S2/c1-10-20-17-15(25-10)8-14(11-6-7-24-18(11)17)23-9-16(22)21-13-5-3-2-4-12(13)19/h2-8H,9H2,1H3,(H,21,22). The van der Waals surface area contributed by atoms with Crippen molar-refractivity contribution >= 4 is 54.6 Å². The lowest BCUT2D eigenvalue weighted by Crippen LogP contribution is -2.20. The van der Waals surface area contributed by atoms with Gasteiger partial charge in [0.1, 0.15) is 11.6 Å². The number of para-hydroxylation sites is 1. The summed E-state index contributed by atoms with van der Waals surface area (Å²) in [5, 5.41) is 6.41. The lowest BCUT2D eigenvalue weighted by Gasteiger charge is -2.09. The predicted octanol–water partition coefficient (Wildman–Crippen LogP) is 4.98. The van der Waals surface area contributed by atoms with E-state index in [1.165, 1.54) is 12.1 Å². The average Bonchev–Trinajstić information content (AvgIpc) is 3.20. The van der Waals surface area contributed by atoms with Crippen LogP contribution >= 0.6 is 22.7 Å². The summed E-state index contributed by atoms with van der Waals surface area (Å²) < 4.78 is 21.4. The van der Waals surface area contributed by atoms with E-state index in [4.69, 9.17) is 4.74 Å². The van der Waals surface area contributed by atoms with Crippen LogP contribution in [0.3, 0.4) is 0 Å². The number of ether oxygens (including phenoxy) is 1. The zero-order valence-electron chi connectivity index (χ0n) is 13.2. The quantitative estimate of drug-likeness (QED) is 0.550. The number of fused-ring (bicyclic) bond motifs is 3. The van der Waals surface area contributed by atoms with E-state index in [1.807, 2.05) is 24.4 Å². The molecule has 126 valence electrons. The SMILES string of the molecule is Cc1nc2c(cc(OCC(=O)Nc3ccccc3F)c3ccsc32)s1. The molecule has 4 aromatic rings. The highest BCUT2D eigenvalue weighted by Crippen LogP contribution is 2.38. The van der Waals surface area contributed by atoms with E-state index in [9.17, 15) is 9.18 Å². The van der Waals surface area contributed by atoms with Crippen molar-refractivity contribution in [3.63, 3.8) is 0 Å². The topological polar surface area (TPSA) is 51.2 Å². The Labute approximate surface area is 150 Å². The number of hydrogen-bond donors (Lipinski definition) is 1. The predicted molar refractivity (Wildman–Crippen MR) is 100 cm³/mol. The molecule has 0 aliphatic carbocycles. The lowest BCUT2D eigenvalue weighted by atomic mass is 10.2. The van der Waals surface area contributed by atoms with Gasteiger partial charge in [0.2, 0.25) is 0 Å². The van der Waals surface area contributed by atoms with Gasteiger partial charge in [0.15, 0.2) is 6.61 Å². The Morgan fingerprint density at radius 3 is 3.00 bits per heavy atom. The maximum absolute atomic E-state index is 13.6. The first kappa shape index (κ1) is 16.0. The molecule has 2 heterocycles. The number of anilines is 1. The van der Waals surface area contributed by atoms with Crippen LogP contribution < -0.4 is 10.1 Å². The number of nitrogens with zero attached hydrogens (tertiary/aromatic N) is 1. The Bertz CT molecular complexity index is 1090. The van der Waals surface area contributed by atoms with E-state index < -0.39 is 11.7 Å². The molecule has 0 aliphatic heterocycles. The molecule has 0 saturated carbocycles. The molecule has 0 fully saturated rings. The molecule has 25 heavy (non-hydrogen) atoms. The van der Waals surface area contributed by atoms with E-state index in [1.54, 1.807) is 34.8 Å². The number of aryl methyl sites for hydroxylation is 1. The van der Waals surface area contributed by atoms with Crippen LogP contribution in [-0.2, 0) is 4.79 Å². The van der Waals surface area contributed by atoms with Gasteiger partial charge in [-0.25, -0.2) is 9.37 Å². The molecule has 0 saturated heterocycles. The molecule has 7 heteroatoms. The smallest absolute Gasteiger partial charge is 0.262 e. The molecule has 1 N–H and O–H groups in total. The van der Waals surface area contributed by atoms with E-state index in [2.05, 4.69) is 10.3 Å². The molecule has 0 unspecified atom stereocenters. The number of benzene rings is 2. The van der Waals surface area contributed by atoms with Crippen LogP contribution in [-0.4, -0.2) is 17.5 Å². The lowest BCUT2D eigenvalue weighted by molar-refractivity contribution is -0.118. The van der Waals surface area contributed by atoms with Crippen molar-refractivity contribution in [1.82, 2.24) is 4.98 Å². The van der Waals surface area contributed by atoms with Crippen molar-refractivity contribution in [3.05, 3.63) is 52.6 Å². The third-order valence-electron chi connectivity index (χ3n) is 3.67. The first-order valence-electron chi connectivity index (χ1n) is 7.56.